The first-order chi connectivity index (χ1) is 6.86. The smallest absolute Gasteiger partial charge is 0.180 e. The Hall–Kier alpha value is -0.570. The van der Waals surface area contributed by atoms with Crippen molar-refractivity contribution >= 4 is 16.5 Å². The largest absolute Gasteiger partial charge is 0.375 e. The van der Waals surface area contributed by atoms with E-state index in [0.717, 1.165) is 5.13 Å². The molecule has 1 aliphatic carbocycles. The van der Waals surface area contributed by atoms with Gasteiger partial charge in [-0.2, -0.15) is 0 Å². The van der Waals surface area contributed by atoms with Crippen molar-refractivity contribution in [2.45, 2.75) is 50.9 Å². The molecule has 2 rings (SSSR count). The van der Waals surface area contributed by atoms with Crippen LogP contribution in [0.3, 0.4) is 0 Å². The maximum absolute atomic E-state index is 5.66. The van der Waals surface area contributed by atoms with Crippen molar-refractivity contribution in [2.24, 2.45) is 0 Å². The molecular formula is C11H18N2S. The number of nitrogens with zero attached hydrogens (tertiary/aromatic N) is 1. The van der Waals surface area contributed by atoms with E-state index in [2.05, 4.69) is 10.4 Å². The van der Waals surface area contributed by atoms with E-state index in [1.54, 1.807) is 11.3 Å². The van der Waals surface area contributed by atoms with Crippen LogP contribution in [0.5, 0.6) is 0 Å². The second-order valence-electron chi connectivity index (χ2n) is 4.15. The molecule has 1 fully saturated rings. The summed E-state index contributed by atoms with van der Waals surface area (Å²) in [5.74, 6) is 0.684. The molecule has 0 unspecified atom stereocenters. The van der Waals surface area contributed by atoms with Crippen LogP contribution >= 0.6 is 11.3 Å². The molecule has 1 heterocycles. The van der Waals surface area contributed by atoms with Crippen LogP contribution in [0.25, 0.3) is 0 Å². The van der Waals surface area contributed by atoms with Gasteiger partial charge in [0.25, 0.3) is 0 Å². The molecule has 14 heavy (non-hydrogen) atoms. The molecule has 0 amide bonds. The van der Waals surface area contributed by atoms with Gasteiger partial charge in [0.2, 0.25) is 0 Å². The Morgan fingerprint density at radius 1 is 1.14 bits per heavy atom. The van der Waals surface area contributed by atoms with Gasteiger partial charge in [0.1, 0.15) is 0 Å². The number of nitrogen functional groups attached to an aromatic ring is 1. The lowest BCUT2D eigenvalue weighted by atomic mass is 9.89. The first kappa shape index (κ1) is 9.97. The second kappa shape index (κ2) is 4.78. The first-order valence-electron chi connectivity index (χ1n) is 5.57. The molecule has 0 bridgehead atoms. The number of hydrogen-bond donors (Lipinski definition) is 1. The van der Waals surface area contributed by atoms with Gasteiger partial charge in [0.15, 0.2) is 5.13 Å². The Morgan fingerprint density at radius 3 is 2.36 bits per heavy atom. The minimum Gasteiger partial charge on any atom is -0.375 e. The lowest BCUT2D eigenvalue weighted by Crippen LogP contribution is -2.02. The zero-order valence-electron chi connectivity index (χ0n) is 8.54. The maximum Gasteiger partial charge on any atom is 0.180 e. The standard InChI is InChI=1S/C11H18N2S/c12-11-13-10(8-14-11)9-6-4-2-1-3-5-7-9/h8-9H,1-7H2,(H2,12,13). The van der Waals surface area contributed by atoms with Crippen LogP contribution in [0.15, 0.2) is 5.38 Å². The van der Waals surface area contributed by atoms with E-state index in [9.17, 15) is 0 Å². The van der Waals surface area contributed by atoms with Gasteiger partial charge in [-0.05, 0) is 12.8 Å². The molecule has 1 aromatic heterocycles. The van der Waals surface area contributed by atoms with Gasteiger partial charge in [-0.3, -0.25) is 0 Å². The fourth-order valence-corrected chi connectivity index (χ4v) is 2.88. The summed E-state index contributed by atoms with van der Waals surface area (Å²) in [5, 5.41) is 2.86. The molecule has 2 N–H and O–H groups in total. The number of anilines is 1. The molecule has 0 atom stereocenters. The highest BCUT2D eigenvalue weighted by Gasteiger charge is 2.15. The highest BCUT2D eigenvalue weighted by Crippen LogP contribution is 2.31. The predicted molar refractivity (Wildman–Crippen MR) is 61.6 cm³/mol. The monoisotopic (exact) mass is 210 g/mol. The normalized spacial score (nSPS) is 20.3. The SMILES string of the molecule is Nc1nc(C2CCCCCCC2)cs1. The van der Waals surface area contributed by atoms with E-state index in [1.165, 1.54) is 50.6 Å². The van der Waals surface area contributed by atoms with Crippen LogP contribution in [0, 0.1) is 0 Å². The third kappa shape index (κ3) is 2.47. The summed E-state index contributed by atoms with van der Waals surface area (Å²) >= 11 is 1.58. The minimum absolute atomic E-state index is 0.684. The average Bonchev–Trinajstić information content (AvgIpc) is 2.51. The Kier molecular flexibility index (Phi) is 3.40. The highest BCUT2D eigenvalue weighted by atomic mass is 32.1. The minimum atomic E-state index is 0.684. The van der Waals surface area contributed by atoms with Gasteiger partial charge < -0.3 is 5.73 Å². The number of thiazole rings is 1. The molecule has 0 saturated heterocycles. The summed E-state index contributed by atoms with van der Waals surface area (Å²) in [6.07, 6.45) is 9.56. The Morgan fingerprint density at radius 2 is 1.79 bits per heavy atom. The van der Waals surface area contributed by atoms with E-state index >= 15 is 0 Å². The van der Waals surface area contributed by atoms with E-state index in [4.69, 9.17) is 5.73 Å². The molecule has 1 aromatic rings. The maximum atomic E-state index is 5.66. The quantitative estimate of drug-likeness (QED) is 0.769. The summed E-state index contributed by atoms with van der Waals surface area (Å²) in [7, 11) is 0. The van der Waals surface area contributed by atoms with Crippen LogP contribution in [-0.2, 0) is 0 Å². The molecule has 0 aromatic carbocycles. The van der Waals surface area contributed by atoms with Crippen molar-refractivity contribution in [1.29, 1.82) is 0 Å². The third-order valence-electron chi connectivity index (χ3n) is 3.06. The summed E-state index contributed by atoms with van der Waals surface area (Å²) in [5.41, 5.74) is 6.91. The molecule has 0 spiro atoms. The lowest BCUT2D eigenvalue weighted by molar-refractivity contribution is 0.451. The van der Waals surface area contributed by atoms with Crippen LogP contribution in [0.2, 0.25) is 0 Å². The predicted octanol–water partition coefficient (Wildman–Crippen LogP) is 3.55. The topological polar surface area (TPSA) is 38.9 Å². The van der Waals surface area contributed by atoms with Gasteiger partial charge in [0.05, 0.1) is 5.69 Å². The number of hydrogen-bond acceptors (Lipinski definition) is 3. The number of aromatic nitrogens is 1. The highest BCUT2D eigenvalue weighted by molar-refractivity contribution is 7.13. The molecule has 2 nitrogen and oxygen atoms in total. The molecule has 0 radical (unpaired) electrons. The van der Waals surface area contributed by atoms with Gasteiger partial charge in [0, 0.05) is 11.3 Å². The molecule has 0 aliphatic heterocycles. The van der Waals surface area contributed by atoms with Gasteiger partial charge in [-0.25, -0.2) is 4.98 Å². The third-order valence-corrected chi connectivity index (χ3v) is 3.76. The Balaban J connectivity index is 2.00. The van der Waals surface area contributed by atoms with E-state index in [1.807, 2.05) is 0 Å². The zero-order chi connectivity index (χ0) is 9.80. The van der Waals surface area contributed by atoms with Crippen molar-refractivity contribution in [1.82, 2.24) is 4.98 Å². The Bertz CT molecular complexity index is 275. The number of nitrogens with two attached hydrogens (primary N) is 1. The van der Waals surface area contributed by atoms with Crippen molar-refractivity contribution in [3.63, 3.8) is 0 Å². The number of rotatable bonds is 1. The van der Waals surface area contributed by atoms with Crippen LogP contribution in [0.1, 0.15) is 56.6 Å². The van der Waals surface area contributed by atoms with Gasteiger partial charge in [-0.15, -0.1) is 11.3 Å². The van der Waals surface area contributed by atoms with E-state index < -0.39 is 0 Å². The Labute approximate surface area is 89.5 Å². The van der Waals surface area contributed by atoms with Crippen molar-refractivity contribution < 1.29 is 0 Å². The van der Waals surface area contributed by atoms with Crippen molar-refractivity contribution in [3.05, 3.63) is 11.1 Å². The molecule has 1 saturated carbocycles. The molecule has 3 heteroatoms. The lowest BCUT2D eigenvalue weighted by Gasteiger charge is -2.17. The van der Waals surface area contributed by atoms with E-state index in [-0.39, 0.29) is 0 Å². The van der Waals surface area contributed by atoms with Crippen LogP contribution < -0.4 is 5.73 Å². The molecule has 78 valence electrons. The molecule has 1 aliphatic rings. The van der Waals surface area contributed by atoms with Crippen LogP contribution in [-0.4, -0.2) is 4.98 Å². The summed E-state index contributed by atoms with van der Waals surface area (Å²) < 4.78 is 0. The zero-order valence-corrected chi connectivity index (χ0v) is 9.35. The van der Waals surface area contributed by atoms with Crippen molar-refractivity contribution in [3.8, 4) is 0 Å². The fraction of sp³-hybridized carbons (Fsp3) is 0.727. The van der Waals surface area contributed by atoms with E-state index in [0.29, 0.717) is 5.92 Å². The summed E-state index contributed by atoms with van der Waals surface area (Å²) in [4.78, 5) is 4.40. The van der Waals surface area contributed by atoms with Crippen LogP contribution in [0.4, 0.5) is 5.13 Å². The van der Waals surface area contributed by atoms with Gasteiger partial charge >= 0.3 is 0 Å². The second-order valence-corrected chi connectivity index (χ2v) is 5.04. The van der Waals surface area contributed by atoms with Gasteiger partial charge in [-0.1, -0.05) is 32.1 Å². The molecular weight excluding hydrogens is 192 g/mol. The fourth-order valence-electron chi connectivity index (χ4n) is 2.24. The summed E-state index contributed by atoms with van der Waals surface area (Å²) in [6.45, 7) is 0. The first-order valence-corrected chi connectivity index (χ1v) is 6.45. The summed E-state index contributed by atoms with van der Waals surface area (Å²) in [6, 6.07) is 0. The average molecular weight is 210 g/mol. The van der Waals surface area contributed by atoms with Crippen molar-refractivity contribution in [2.75, 3.05) is 5.73 Å².